The molecule has 2 heterocycles. The number of aromatic nitrogens is 1. The summed E-state index contributed by atoms with van der Waals surface area (Å²) in [5.41, 5.74) is 1.87. The van der Waals surface area contributed by atoms with Crippen molar-refractivity contribution in [3.8, 4) is 5.75 Å². The molecule has 1 atom stereocenters. The van der Waals surface area contributed by atoms with Crippen molar-refractivity contribution in [2.45, 2.75) is 19.4 Å². The fourth-order valence-corrected chi connectivity index (χ4v) is 2.45. The van der Waals surface area contributed by atoms with Gasteiger partial charge in [-0.2, -0.15) is 0 Å². The number of carbonyl (C=O) groups is 2. The van der Waals surface area contributed by atoms with Crippen LogP contribution in [0.25, 0.3) is 0 Å². The smallest absolute Gasteiger partial charge is 0.251 e. The van der Waals surface area contributed by atoms with Crippen LogP contribution in [0, 0.1) is 0 Å². The zero-order valence-corrected chi connectivity index (χ0v) is 12.2. The number of carbonyl (C=O) groups excluding carboxylic acids is 2. The molecule has 0 aliphatic carbocycles. The lowest BCUT2D eigenvalue weighted by molar-refractivity contribution is 0.0921. The van der Waals surface area contributed by atoms with E-state index in [4.69, 9.17) is 4.74 Å². The lowest BCUT2D eigenvalue weighted by Crippen LogP contribution is -2.32. The largest absolute Gasteiger partial charge is 0.491 e. The van der Waals surface area contributed by atoms with Gasteiger partial charge in [0.2, 0.25) is 0 Å². The monoisotopic (exact) mass is 296 g/mol. The van der Waals surface area contributed by atoms with Gasteiger partial charge in [-0.25, -0.2) is 0 Å². The normalized spacial score (nSPS) is 16.3. The molecule has 1 amide bonds. The molecular formula is C17H16N2O3. The van der Waals surface area contributed by atoms with E-state index in [1.807, 2.05) is 12.1 Å². The van der Waals surface area contributed by atoms with Gasteiger partial charge in [0, 0.05) is 23.7 Å². The second-order valence-electron chi connectivity index (χ2n) is 5.18. The number of nitrogens with one attached hydrogen (secondary N) is 1. The summed E-state index contributed by atoms with van der Waals surface area (Å²) in [7, 11) is 0. The third kappa shape index (κ3) is 2.83. The van der Waals surface area contributed by atoms with E-state index in [0.29, 0.717) is 29.9 Å². The number of pyridine rings is 1. The standard InChI is InChI=1S/C17H16N2O3/c1-11(20)12-4-6-13(7-5-12)17(21)19-14-8-10-22-15-3-2-9-18-16(14)15/h2-7,9,14H,8,10H2,1H3,(H,19,21). The predicted octanol–water partition coefficient (Wildman–Crippen LogP) is 2.54. The average Bonchev–Trinajstić information content (AvgIpc) is 2.55. The van der Waals surface area contributed by atoms with E-state index in [0.717, 1.165) is 5.69 Å². The van der Waals surface area contributed by atoms with Crippen LogP contribution in [0.2, 0.25) is 0 Å². The van der Waals surface area contributed by atoms with Crippen LogP contribution in [0.15, 0.2) is 42.6 Å². The summed E-state index contributed by atoms with van der Waals surface area (Å²) in [4.78, 5) is 27.9. The summed E-state index contributed by atoms with van der Waals surface area (Å²) in [6, 6.07) is 10.1. The maximum absolute atomic E-state index is 12.3. The lowest BCUT2D eigenvalue weighted by atomic mass is 10.0. The molecule has 0 saturated carbocycles. The van der Waals surface area contributed by atoms with Gasteiger partial charge in [0.1, 0.15) is 11.4 Å². The topological polar surface area (TPSA) is 68.3 Å². The molecule has 5 heteroatoms. The van der Waals surface area contributed by atoms with Crippen molar-refractivity contribution in [2.75, 3.05) is 6.61 Å². The third-order valence-corrected chi connectivity index (χ3v) is 3.65. The molecular weight excluding hydrogens is 280 g/mol. The van der Waals surface area contributed by atoms with Crippen LogP contribution in [-0.2, 0) is 0 Å². The second-order valence-corrected chi connectivity index (χ2v) is 5.18. The van der Waals surface area contributed by atoms with Crippen molar-refractivity contribution < 1.29 is 14.3 Å². The van der Waals surface area contributed by atoms with Gasteiger partial charge in [0.15, 0.2) is 5.78 Å². The lowest BCUT2D eigenvalue weighted by Gasteiger charge is -2.25. The van der Waals surface area contributed by atoms with Crippen molar-refractivity contribution in [2.24, 2.45) is 0 Å². The first-order valence-electron chi connectivity index (χ1n) is 7.15. The predicted molar refractivity (Wildman–Crippen MR) is 81.0 cm³/mol. The Hall–Kier alpha value is -2.69. The number of ether oxygens (including phenoxy) is 1. The van der Waals surface area contributed by atoms with E-state index in [2.05, 4.69) is 10.3 Å². The molecule has 0 spiro atoms. The van der Waals surface area contributed by atoms with Crippen molar-refractivity contribution >= 4 is 11.7 Å². The van der Waals surface area contributed by atoms with E-state index < -0.39 is 0 Å². The number of hydrogen-bond donors (Lipinski definition) is 1. The van der Waals surface area contributed by atoms with Gasteiger partial charge in [-0.3, -0.25) is 14.6 Å². The van der Waals surface area contributed by atoms with Crippen LogP contribution in [0.4, 0.5) is 0 Å². The number of rotatable bonds is 3. The number of amides is 1. The summed E-state index contributed by atoms with van der Waals surface area (Å²) in [5, 5.41) is 2.97. The van der Waals surface area contributed by atoms with E-state index in [-0.39, 0.29) is 17.7 Å². The minimum Gasteiger partial charge on any atom is -0.491 e. The van der Waals surface area contributed by atoms with Crippen LogP contribution < -0.4 is 10.1 Å². The highest BCUT2D eigenvalue weighted by Gasteiger charge is 2.24. The second kappa shape index (κ2) is 5.97. The van der Waals surface area contributed by atoms with E-state index >= 15 is 0 Å². The summed E-state index contributed by atoms with van der Waals surface area (Å²) >= 11 is 0. The van der Waals surface area contributed by atoms with Crippen LogP contribution in [0.5, 0.6) is 5.75 Å². The van der Waals surface area contributed by atoms with Crippen LogP contribution in [-0.4, -0.2) is 23.3 Å². The van der Waals surface area contributed by atoms with Gasteiger partial charge in [-0.05, 0) is 31.2 Å². The molecule has 1 unspecified atom stereocenters. The summed E-state index contributed by atoms with van der Waals surface area (Å²) < 4.78 is 5.53. The van der Waals surface area contributed by atoms with Gasteiger partial charge >= 0.3 is 0 Å². The van der Waals surface area contributed by atoms with Crippen molar-refractivity contribution in [3.63, 3.8) is 0 Å². The Bertz CT molecular complexity index is 710. The van der Waals surface area contributed by atoms with Gasteiger partial charge in [-0.15, -0.1) is 0 Å². The van der Waals surface area contributed by atoms with E-state index in [9.17, 15) is 9.59 Å². The number of nitrogens with zero attached hydrogens (tertiary/aromatic N) is 1. The van der Waals surface area contributed by atoms with Crippen molar-refractivity contribution in [1.82, 2.24) is 10.3 Å². The van der Waals surface area contributed by atoms with E-state index in [1.165, 1.54) is 6.92 Å². The summed E-state index contributed by atoms with van der Waals surface area (Å²) in [6.45, 7) is 2.05. The molecule has 0 bridgehead atoms. The molecule has 22 heavy (non-hydrogen) atoms. The maximum atomic E-state index is 12.3. The van der Waals surface area contributed by atoms with Crippen LogP contribution >= 0.6 is 0 Å². The first kappa shape index (κ1) is 14.3. The fourth-order valence-electron chi connectivity index (χ4n) is 2.45. The van der Waals surface area contributed by atoms with Crippen LogP contribution in [0.1, 0.15) is 45.8 Å². The summed E-state index contributed by atoms with van der Waals surface area (Å²) in [6.07, 6.45) is 2.37. The zero-order valence-electron chi connectivity index (χ0n) is 12.2. The van der Waals surface area contributed by atoms with E-state index in [1.54, 1.807) is 30.5 Å². The summed E-state index contributed by atoms with van der Waals surface area (Å²) in [5.74, 6) is 0.513. The molecule has 112 valence electrons. The van der Waals surface area contributed by atoms with Gasteiger partial charge < -0.3 is 10.1 Å². The molecule has 1 aromatic heterocycles. The molecule has 1 aliphatic rings. The zero-order chi connectivity index (χ0) is 15.5. The Morgan fingerprint density at radius 2 is 1.91 bits per heavy atom. The molecule has 3 rings (SSSR count). The highest BCUT2D eigenvalue weighted by atomic mass is 16.5. The van der Waals surface area contributed by atoms with Crippen molar-refractivity contribution in [3.05, 3.63) is 59.4 Å². The number of hydrogen-bond acceptors (Lipinski definition) is 4. The molecule has 2 aromatic rings. The quantitative estimate of drug-likeness (QED) is 0.884. The number of fused-ring (bicyclic) bond motifs is 1. The molecule has 5 nitrogen and oxygen atoms in total. The first-order valence-corrected chi connectivity index (χ1v) is 7.15. The molecule has 0 fully saturated rings. The van der Waals surface area contributed by atoms with Gasteiger partial charge in [0.05, 0.1) is 12.6 Å². The highest BCUT2D eigenvalue weighted by Crippen LogP contribution is 2.29. The maximum Gasteiger partial charge on any atom is 0.251 e. The minimum absolute atomic E-state index is 0.0190. The number of Topliss-reactive ketones (excluding diaryl/α,β-unsaturated/α-hetero) is 1. The molecule has 0 saturated heterocycles. The fraction of sp³-hybridized carbons (Fsp3) is 0.235. The molecule has 1 aromatic carbocycles. The Balaban J connectivity index is 1.76. The molecule has 0 radical (unpaired) electrons. The van der Waals surface area contributed by atoms with Crippen LogP contribution in [0.3, 0.4) is 0 Å². The number of ketones is 1. The average molecular weight is 296 g/mol. The third-order valence-electron chi connectivity index (χ3n) is 3.65. The SMILES string of the molecule is CC(=O)c1ccc(C(=O)NC2CCOc3cccnc32)cc1. The Labute approximate surface area is 128 Å². The molecule has 1 aliphatic heterocycles. The van der Waals surface area contributed by atoms with Gasteiger partial charge in [0.25, 0.3) is 5.91 Å². The van der Waals surface area contributed by atoms with Crippen molar-refractivity contribution in [1.29, 1.82) is 0 Å². The number of benzene rings is 1. The van der Waals surface area contributed by atoms with Gasteiger partial charge in [-0.1, -0.05) is 12.1 Å². The highest BCUT2D eigenvalue weighted by molar-refractivity contribution is 5.97. The first-order chi connectivity index (χ1) is 10.6. The molecule has 1 N–H and O–H groups in total. The Morgan fingerprint density at radius 1 is 1.18 bits per heavy atom. The Kier molecular flexibility index (Phi) is 3.87. The minimum atomic E-state index is -0.182. The Morgan fingerprint density at radius 3 is 2.64 bits per heavy atom.